The highest BCUT2D eigenvalue weighted by atomic mass is 16.7. The lowest BCUT2D eigenvalue weighted by Crippen LogP contribution is -2.48. The van der Waals surface area contributed by atoms with E-state index in [1.165, 1.54) is 31.4 Å². The van der Waals surface area contributed by atoms with Crippen LogP contribution in [0.5, 0.6) is 11.5 Å². The maximum Gasteiger partial charge on any atom is 0.291 e. The highest BCUT2D eigenvalue weighted by Crippen LogP contribution is 2.33. The van der Waals surface area contributed by atoms with Gasteiger partial charge in [0, 0.05) is 0 Å². The number of carboxylic acids is 1. The summed E-state index contributed by atoms with van der Waals surface area (Å²) >= 11 is 0. The summed E-state index contributed by atoms with van der Waals surface area (Å²) in [4.78, 5) is 35.5. The lowest BCUT2D eigenvalue weighted by molar-refractivity contribution is -0.307. The maximum atomic E-state index is 12.4. The molecule has 140 valence electrons. The van der Waals surface area contributed by atoms with Gasteiger partial charge in [-0.05, 0) is 42.8 Å². The Morgan fingerprint density at radius 1 is 1.19 bits per heavy atom. The zero-order chi connectivity index (χ0) is 19.4. The molecule has 1 aromatic carbocycles. The highest BCUT2D eigenvalue weighted by Gasteiger charge is 2.19. The van der Waals surface area contributed by atoms with Crippen molar-refractivity contribution in [2.24, 2.45) is 0 Å². The van der Waals surface area contributed by atoms with E-state index >= 15 is 0 Å². The molecule has 3 rings (SSSR count). The third kappa shape index (κ3) is 4.27. The van der Waals surface area contributed by atoms with E-state index in [0.29, 0.717) is 17.1 Å². The Bertz CT molecular complexity index is 902. The summed E-state index contributed by atoms with van der Waals surface area (Å²) in [5.41, 5.74) is 0.355. The molecule has 0 radical (unpaired) electrons. The Kier molecular flexibility index (Phi) is 5.11. The van der Waals surface area contributed by atoms with E-state index in [0.717, 1.165) is 0 Å². The highest BCUT2D eigenvalue weighted by molar-refractivity contribution is 6.05. The van der Waals surface area contributed by atoms with Crippen LogP contribution in [-0.4, -0.2) is 30.6 Å². The smallest absolute Gasteiger partial charge is 0.291 e. The summed E-state index contributed by atoms with van der Waals surface area (Å²) < 4.78 is 15.5. The zero-order valence-corrected chi connectivity index (χ0v) is 14.2. The van der Waals surface area contributed by atoms with E-state index in [1.54, 1.807) is 18.2 Å². The molecule has 0 saturated carbocycles. The van der Waals surface area contributed by atoms with E-state index in [1.807, 2.05) is 0 Å². The van der Waals surface area contributed by atoms with Crippen LogP contribution in [0.1, 0.15) is 23.0 Å². The van der Waals surface area contributed by atoms with Gasteiger partial charge < -0.3 is 34.4 Å². The predicted octanol–water partition coefficient (Wildman–Crippen LogP) is 0.0338. The van der Waals surface area contributed by atoms with Gasteiger partial charge in [-0.3, -0.25) is 9.59 Å². The Labute approximate surface area is 153 Å². The minimum Gasteiger partial charge on any atom is -0.548 e. The number of aliphatic carboxylic acids is 1. The fourth-order valence-electron chi connectivity index (χ4n) is 2.25. The first kappa shape index (κ1) is 18.1. The van der Waals surface area contributed by atoms with Gasteiger partial charge in [-0.2, -0.15) is 0 Å². The van der Waals surface area contributed by atoms with Crippen molar-refractivity contribution < 1.29 is 33.4 Å². The lowest BCUT2D eigenvalue weighted by Gasteiger charge is -2.16. The molecule has 0 bridgehead atoms. The van der Waals surface area contributed by atoms with Crippen LogP contribution in [0.15, 0.2) is 46.7 Å². The molecule has 1 aliphatic rings. The number of fused-ring (bicyclic) bond motifs is 1. The van der Waals surface area contributed by atoms with Crippen molar-refractivity contribution in [3.63, 3.8) is 0 Å². The minimum atomic E-state index is -1.46. The minimum absolute atomic E-state index is 0.00710. The van der Waals surface area contributed by atoms with Crippen LogP contribution in [0.4, 0.5) is 0 Å². The quantitative estimate of drug-likeness (QED) is 0.685. The first-order valence-electron chi connectivity index (χ1n) is 7.92. The molecule has 2 N–H and O–H groups in total. The average molecular weight is 371 g/mol. The molecular weight excluding hydrogens is 356 g/mol. The number of nitrogens with one attached hydrogen (secondary N) is 2. The molecule has 27 heavy (non-hydrogen) atoms. The van der Waals surface area contributed by atoms with Crippen molar-refractivity contribution in [2.45, 2.75) is 13.0 Å². The number of amides is 2. The van der Waals surface area contributed by atoms with Crippen molar-refractivity contribution in [3.8, 4) is 11.5 Å². The fourth-order valence-corrected chi connectivity index (χ4v) is 2.25. The molecule has 9 heteroatoms. The van der Waals surface area contributed by atoms with Gasteiger partial charge in [-0.1, -0.05) is 6.07 Å². The molecule has 0 saturated heterocycles. The van der Waals surface area contributed by atoms with Crippen LogP contribution < -0.4 is 25.2 Å². The number of hydrogen-bond acceptors (Lipinski definition) is 7. The second-order valence-corrected chi connectivity index (χ2v) is 5.62. The average Bonchev–Trinajstić information content (AvgIpc) is 3.32. The molecule has 0 spiro atoms. The number of furan rings is 1. The predicted molar refractivity (Wildman–Crippen MR) is 89.3 cm³/mol. The summed E-state index contributed by atoms with van der Waals surface area (Å²) in [5, 5.41) is 15.5. The number of benzene rings is 1. The molecule has 2 amide bonds. The molecule has 2 aromatic rings. The van der Waals surface area contributed by atoms with E-state index in [4.69, 9.17) is 13.9 Å². The topological polar surface area (TPSA) is 130 Å². The van der Waals surface area contributed by atoms with Crippen LogP contribution >= 0.6 is 0 Å². The van der Waals surface area contributed by atoms with Crippen molar-refractivity contribution in [2.75, 3.05) is 6.79 Å². The van der Waals surface area contributed by atoms with Gasteiger partial charge >= 0.3 is 0 Å². The summed E-state index contributed by atoms with van der Waals surface area (Å²) in [5.74, 6) is -1.88. The standard InChI is InChI=1S/C18H16N2O7/c1-10(18(23)24)19-16(21)12(20-17(22)14-3-2-6-25-14)7-11-4-5-13-15(8-11)27-9-26-13/h2-8,10H,9H2,1H3,(H,19,21)(H,20,22)(H,23,24)/p-1/b12-7+/t10-/m0/s1. The summed E-state index contributed by atoms with van der Waals surface area (Å²) in [6.07, 6.45) is 2.69. The normalized spacial score (nSPS) is 13.7. The molecule has 0 unspecified atom stereocenters. The van der Waals surface area contributed by atoms with Crippen molar-refractivity contribution in [1.82, 2.24) is 10.6 Å². The van der Waals surface area contributed by atoms with Gasteiger partial charge in [0.15, 0.2) is 17.3 Å². The Morgan fingerprint density at radius 3 is 2.67 bits per heavy atom. The largest absolute Gasteiger partial charge is 0.548 e. The monoisotopic (exact) mass is 371 g/mol. The van der Waals surface area contributed by atoms with Crippen molar-refractivity contribution in [1.29, 1.82) is 0 Å². The molecule has 1 atom stereocenters. The van der Waals surface area contributed by atoms with E-state index in [2.05, 4.69) is 10.6 Å². The summed E-state index contributed by atoms with van der Waals surface area (Å²) in [6, 6.07) is 6.63. The van der Waals surface area contributed by atoms with E-state index < -0.39 is 23.8 Å². The molecule has 9 nitrogen and oxygen atoms in total. The number of rotatable bonds is 6. The van der Waals surface area contributed by atoms with Gasteiger partial charge in [-0.15, -0.1) is 0 Å². The molecular formula is C18H15N2O7-. The van der Waals surface area contributed by atoms with Gasteiger partial charge in [0.1, 0.15) is 5.70 Å². The van der Waals surface area contributed by atoms with Crippen molar-refractivity contribution >= 4 is 23.9 Å². The number of carbonyl (C=O) groups is 3. The molecule has 0 aliphatic carbocycles. The third-order valence-corrected chi connectivity index (χ3v) is 3.65. The van der Waals surface area contributed by atoms with Gasteiger partial charge in [0.25, 0.3) is 11.8 Å². The van der Waals surface area contributed by atoms with Crippen LogP contribution in [0.25, 0.3) is 6.08 Å². The van der Waals surface area contributed by atoms with Crippen LogP contribution in [-0.2, 0) is 9.59 Å². The lowest BCUT2D eigenvalue weighted by atomic mass is 10.1. The second-order valence-electron chi connectivity index (χ2n) is 5.62. The molecule has 0 fully saturated rings. The van der Waals surface area contributed by atoms with E-state index in [-0.39, 0.29) is 18.3 Å². The first-order valence-corrected chi connectivity index (χ1v) is 7.92. The molecule has 1 aliphatic heterocycles. The fraction of sp³-hybridized carbons (Fsp3) is 0.167. The Morgan fingerprint density at radius 2 is 1.96 bits per heavy atom. The number of carboxylic acid groups (broad SMARTS) is 1. The third-order valence-electron chi connectivity index (χ3n) is 3.65. The van der Waals surface area contributed by atoms with Gasteiger partial charge in [-0.25, -0.2) is 0 Å². The van der Waals surface area contributed by atoms with Crippen LogP contribution in [0, 0.1) is 0 Å². The maximum absolute atomic E-state index is 12.4. The zero-order valence-electron chi connectivity index (χ0n) is 14.2. The Hall–Kier alpha value is -3.75. The van der Waals surface area contributed by atoms with Gasteiger partial charge in [0.2, 0.25) is 6.79 Å². The van der Waals surface area contributed by atoms with Crippen LogP contribution in [0.2, 0.25) is 0 Å². The summed E-state index contributed by atoms with van der Waals surface area (Å²) in [6.45, 7) is 1.34. The molecule has 2 heterocycles. The van der Waals surface area contributed by atoms with Gasteiger partial charge in [0.05, 0.1) is 18.3 Å². The van der Waals surface area contributed by atoms with E-state index in [9.17, 15) is 19.5 Å². The van der Waals surface area contributed by atoms with Crippen LogP contribution in [0.3, 0.4) is 0 Å². The molecule has 1 aromatic heterocycles. The first-order chi connectivity index (χ1) is 12.9. The SMILES string of the molecule is C[C@H](NC(=O)/C(=C\c1ccc2c(c1)OCO2)NC(=O)c1ccco1)C(=O)[O-]. The number of ether oxygens (including phenoxy) is 2. The number of hydrogen-bond donors (Lipinski definition) is 2. The number of carbonyl (C=O) groups excluding carboxylic acids is 3. The summed E-state index contributed by atoms with van der Waals surface area (Å²) in [7, 11) is 0. The Balaban J connectivity index is 1.87. The second kappa shape index (κ2) is 7.65. The van der Waals surface area contributed by atoms with Crippen molar-refractivity contribution in [3.05, 3.63) is 53.6 Å².